The van der Waals surface area contributed by atoms with Crippen LogP contribution in [-0.2, 0) is 9.53 Å². The number of hydrogen-bond acceptors (Lipinski definition) is 3. The van der Waals surface area contributed by atoms with E-state index in [1.807, 2.05) is 0 Å². The first-order valence-electron chi connectivity index (χ1n) is 7.55. The Hall–Kier alpha value is -2.15. The van der Waals surface area contributed by atoms with E-state index in [0.717, 1.165) is 5.56 Å². The highest BCUT2D eigenvalue weighted by Crippen LogP contribution is 2.18. The van der Waals surface area contributed by atoms with E-state index in [1.165, 1.54) is 24.1 Å². The molecule has 1 fully saturated rings. The first-order chi connectivity index (χ1) is 11.0. The van der Waals surface area contributed by atoms with Gasteiger partial charge < -0.3 is 20.1 Å². The topological polar surface area (TPSA) is 78.9 Å². The third-order valence-corrected chi connectivity index (χ3v) is 4.02. The summed E-state index contributed by atoms with van der Waals surface area (Å²) < 4.78 is 18.3. The van der Waals surface area contributed by atoms with Crippen molar-refractivity contribution in [2.24, 2.45) is 5.92 Å². The second-order valence-electron chi connectivity index (χ2n) is 5.59. The number of amides is 2. The van der Waals surface area contributed by atoms with Crippen LogP contribution >= 0.6 is 0 Å². The van der Waals surface area contributed by atoms with E-state index in [1.54, 1.807) is 12.1 Å². The molecule has 1 aromatic carbocycles. The fraction of sp³-hybridized carbons (Fsp3) is 0.500. The molecule has 23 heavy (non-hydrogen) atoms. The Morgan fingerprint density at radius 1 is 1.43 bits per heavy atom. The standard InChI is InChI=1S/C16H21FN2O4/c1-23-14(11-4-6-13(17)7-5-11)9-18-16(22)19-8-2-3-12(10-19)15(20)21/h4-7,12,14H,2-3,8-10H2,1H3,(H,18,22)(H,20,21). The molecule has 1 heterocycles. The number of nitrogens with one attached hydrogen (secondary N) is 1. The summed E-state index contributed by atoms with van der Waals surface area (Å²) >= 11 is 0. The number of rotatable bonds is 5. The van der Waals surface area contributed by atoms with E-state index in [4.69, 9.17) is 9.84 Å². The Morgan fingerprint density at radius 2 is 2.13 bits per heavy atom. The van der Waals surface area contributed by atoms with Gasteiger partial charge in [-0.25, -0.2) is 9.18 Å². The van der Waals surface area contributed by atoms with Crippen molar-refractivity contribution in [1.29, 1.82) is 0 Å². The molecule has 2 unspecified atom stereocenters. The van der Waals surface area contributed by atoms with Gasteiger partial charge in [-0.3, -0.25) is 4.79 Å². The van der Waals surface area contributed by atoms with E-state index >= 15 is 0 Å². The number of ether oxygens (including phenoxy) is 1. The van der Waals surface area contributed by atoms with Crippen molar-refractivity contribution in [2.45, 2.75) is 18.9 Å². The number of halogens is 1. The van der Waals surface area contributed by atoms with Gasteiger partial charge in [0.15, 0.2) is 0 Å². The maximum atomic E-state index is 12.9. The minimum absolute atomic E-state index is 0.218. The van der Waals surface area contributed by atoms with Crippen LogP contribution in [-0.4, -0.2) is 48.8 Å². The van der Waals surface area contributed by atoms with Gasteiger partial charge in [-0.05, 0) is 30.5 Å². The quantitative estimate of drug-likeness (QED) is 0.868. The van der Waals surface area contributed by atoms with Gasteiger partial charge in [0.1, 0.15) is 5.82 Å². The number of nitrogens with zero attached hydrogens (tertiary/aromatic N) is 1. The molecule has 2 amide bonds. The predicted molar refractivity (Wildman–Crippen MR) is 81.5 cm³/mol. The number of likely N-dealkylation sites (tertiary alicyclic amines) is 1. The monoisotopic (exact) mass is 324 g/mol. The van der Waals surface area contributed by atoms with Crippen LogP contribution in [0.4, 0.5) is 9.18 Å². The first kappa shape index (κ1) is 17.2. The molecule has 0 saturated carbocycles. The molecule has 0 aliphatic carbocycles. The number of carbonyl (C=O) groups is 2. The third kappa shape index (κ3) is 4.66. The van der Waals surface area contributed by atoms with Gasteiger partial charge in [-0.2, -0.15) is 0 Å². The lowest BCUT2D eigenvalue weighted by atomic mass is 9.99. The molecule has 2 atom stereocenters. The van der Waals surface area contributed by atoms with Gasteiger partial charge in [0, 0.05) is 26.7 Å². The van der Waals surface area contributed by atoms with Crippen LogP contribution in [0.3, 0.4) is 0 Å². The lowest BCUT2D eigenvalue weighted by Crippen LogP contribution is -2.47. The van der Waals surface area contributed by atoms with Crippen LogP contribution in [0.5, 0.6) is 0 Å². The molecule has 0 radical (unpaired) electrons. The molecule has 1 aromatic rings. The molecule has 7 heteroatoms. The Labute approximate surface area is 134 Å². The number of piperidine rings is 1. The average Bonchev–Trinajstić information content (AvgIpc) is 2.56. The van der Waals surface area contributed by atoms with Gasteiger partial charge >= 0.3 is 12.0 Å². The Balaban J connectivity index is 1.89. The first-order valence-corrected chi connectivity index (χ1v) is 7.55. The molecule has 1 aliphatic rings. The number of carboxylic acid groups (broad SMARTS) is 1. The Morgan fingerprint density at radius 3 is 2.74 bits per heavy atom. The summed E-state index contributed by atoms with van der Waals surface area (Å²) in [5.74, 6) is -1.71. The van der Waals surface area contributed by atoms with E-state index in [-0.39, 0.29) is 31.0 Å². The highest BCUT2D eigenvalue weighted by atomic mass is 19.1. The van der Waals surface area contributed by atoms with Crippen LogP contribution in [0.25, 0.3) is 0 Å². The van der Waals surface area contributed by atoms with Gasteiger partial charge in [0.05, 0.1) is 12.0 Å². The van der Waals surface area contributed by atoms with Gasteiger partial charge in [0.2, 0.25) is 0 Å². The van der Waals surface area contributed by atoms with E-state index < -0.39 is 11.9 Å². The zero-order chi connectivity index (χ0) is 16.8. The summed E-state index contributed by atoms with van der Waals surface area (Å²) in [6, 6.07) is 5.59. The van der Waals surface area contributed by atoms with Gasteiger partial charge in [-0.1, -0.05) is 12.1 Å². The summed E-state index contributed by atoms with van der Waals surface area (Å²) in [5.41, 5.74) is 0.760. The number of methoxy groups -OCH3 is 1. The van der Waals surface area contributed by atoms with Crippen molar-refractivity contribution in [1.82, 2.24) is 10.2 Å². The number of carboxylic acids is 1. The molecule has 0 bridgehead atoms. The van der Waals surface area contributed by atoms with Crippen LogP contribution in [0.15, 0.2) is 24.3 Å². The van der Waals surface area contributed by atoms with Crippen LogP contribution in [0.1, 0.15) is 24.5 Å². The number of aliphatic carboxylic acids is 1. The van der Waals surface area contributed by atoms with Crippen molar-refractivity contribution in [2.75, 3.05) is 26.7 Å². The number of carbonyl (C=O) groups excluding carboxylic acids is 1. The highest BCUT2D eigenvalue weighted by Gasteiger charge is 2.28. The van der Waals surface area contributed by atoms with E-state index in [2.05, 4.69) is 5.32 Å². The maximum absolute atomic E-state index is 12.9. The number of hydrogen-bond donors (Lipinski definition) is 2. The molecule has 2 N–H and O–H groups in total. The van der Waals surface area contributed by atoms with Crippen molar-refractivity contribution < 1.29 is 23.8 Å². The number of urea groups is 1. The summed E-state index contributed by atoms with van der Waals surface area (Å²) in [6.07, 6.45) is 0.880. The van der Waals surface area contributed by atoms with Crippen LogP contribution < -0.4 is 5.32 Å². The fourth-order valence-electron chi connectivity index (χ4n) is 2.67. The fourth-order valence-corrected chi connectivity index (χ4v) is 2.67. The predicted octanol–water partition coefficient (Wildman–Crippen LogP) is 2.02. The molecular weight excluding hydrogens is 303 g/mol. The van der Waals surface area contributed by atoms with E-state index in [9.17, 15) is 14.0 Å². The zero-order valence-electron chi connectivity index (χ0n) is 13.0. The minimum Gasteiger partial charge on any atom is -0.481 e. The largest absolute Gasteiger partial charge is 0.481 e. The SMILES string of the molecule is COC(CNC(=O)N1CCCC(C(=O)O)C1)c1ccc(F)cc1. The second kappa shape index (κ2) is 7.92. The molecular formula is C16H21FN2O4. The molecule has 0 spiro atoms. The van der Waals surface area contributed by atoms with Gasteiger partial charge in [-0.15, -0.1) is 0 Å². The Kier molecular flexibility index (Phi) is 5.92. The normalized spacial score (nSPS) is 19.2. The van der Waals surface area contributed by atoms with E-state index in [0.29, 0.717) is 19.4 Å². The smallest absolute Gasteiger partial charge is 0.317 e. The third-order valence-electron chi connectivity index (χ3n) is 4.02. The lowest BCUT2D eigenvalue weighted by Gasteiger charge is -2.31. The highest BCUT2D eigenvalue weighted by molar-refractivity contribution is 5.76. The number of benzene rings is 1. The Bertz CT molecular complexity index is 550. The molecule has 1 saturated heterocycles. The van der Waals surface area contributed by atoms with Crippen LogP contribution in [0.2, 0.25) is 0 Å². The van der Waals surface area contributed by atoms with Crippen molar-refractivity contribution in [3.05, 3.63) is 35.6 Å². The zero-order valence-corrected chi connectivity index (χ0v) is 13.0. The molecule has 2 rings (SSSR count). The molecule has 0 aromatic heterocycles. The van der Waals surface area contributed by atoms with Gasteiger partial charge in [0.25, 0.3) is 0 Å². The average molecular weight is 324 g/mol. The maximum Gasteiger partial charge on any atom is 0.317 e. The minimum atomic E-state index is -0.872. The summed E-state index contributed by atoms with van der Waals surface area (Å²) in [7, 11) is 1.52. The van der Waals surface area contributed by atoms with Crippen molar-refractivity contribution >= 4 is 12.0 Å². The lowest BCUT2D eigenvalue weighted by molar-refractivity contribution is -0.143. The molecule has 6 nitrogen and oxygen atoms in total. The summed E-state index contributed by atoms with van der Waals surface area (Å²) in [6.45, 7) is 0.994. The van der Waals surface area contributed by atoms with Crippen molar-refractivity contribution in [3.8, 4) is 0 Å². The van der Waals surface area contributed by atoms with Crippen molar-refractivity contribution in [3.63, 3.8) is 0 Å². The van der Waals surface area contributed by atoms with Crippen LogP contribution in [0, 0.1) is 11.7 Å². The summed E-state index contributed by atoms with van der Waals surface area (Å²) in [5, 5.41) is 11.8. The molecule has 1 aliphatic heterocycles. The second-order valence-corrected chi connectivity index (χ2v) is 5.59. The summed E-state index contributed by atoms with van der Waals surface area (Å²) in [4.78, 5) is 24.7. The molecule has 126 valence electrons.